The molecule has 0 N–H and O–H groups in total. The lowest BCUT2D eigenvalue weighted by Crippen LogP contribution is -2.42. The van der Waals surface area contributed by atoms with Crippen molar-refractivity contribution < 1.29 is 28.6 Å². The minimum absolute atomic E-state index is 0.134. The van der Waals surface area contributed by atoms with Crippen molar-refractivity contribution in [2.24, 2.45) is 0 Å². The summed E-state index contributed by atoms with van der Waals surface area (Å²) in [6.07, 6.45) is 1.04. The first-order valence-electron chi connectivity index (χ1n) is 8.58. The Morgan fingerprint density at radius 1 is 1.08 bits per heavy atom. The molecule has 0 radical (unpaired) electrons. The van der Waals surface area contributed by atoms with Crippen LogP contribution >= 0.6 is 0 Å². The summed E-state index contributed by atoms with van der Waals surface area (Å²) in [6, 6.07) is 8.32. The highest BCUT2D eigenvalue weighted by molar-refractivity contribution is 5.90. The van der Waals surface area contributed by atoms with Crippen molar-refractivity contribution in [1.82, 2.24) is 4.90 Å². The van der Waals surface area contributed by atoms with Crippen LogP contribution in [0, 0.1) is 0 Å². The predicted molar refractivity (Wildman–Crippen MR) is 93.1 cm³/mol. The van der Waals surface area contributed by atoms with Crippen molar-refractivity contribution in [3.05, 3.63) is 47.5 Å². The van der Waals surface area contributed by atoms with Crippen LogP contribution in [0.2, 0.25) is 0 Å². The summed E-state index contributed by atoms with van der Waals surface area (Å²) in [5.74, 6) is -1.15. The van der Waals surface area contributed by atoms with Gasteiger partial charge in [0.15, 0.2) is 6.04 Å². The van der Waals surface area contributed by atoms with Crippen LogP contribution in [-0.2, 0) is 30.4 Å². The molecule has 0 saturated carbocycles. The van der Waals surface area contributed by atoms with E-state index in [0.29, 0.717) is 12.0 Å². The number of rotatable bonds is 6. The molecule has 1 saturated heterocycles. The van der Waals surface area contributed by atoms with Gasteiger partial charge in [-0.15, -0.1) is 0 Å². The first-order valence-corrected chi connectivity index (χ1v) is 8.58. The van der Waals surface area contributed by atoms with E-state index in [9.17, 15) is 14.4 Å². The Balaban J connectivity index is 2.08. The van der Waals surface area contributed by atoms with E-state index in [1.807, 2.05) is 30.3 Å². The van der Waals surface area contributed by atoms with Gasteiger partial charge in [0.2, 0.25) is 0 Å². The number of benzene rings is 1. The number of amides is 1. The molecule has 1 heterocycles. The van der Waals surface area contributed by atoms with Gasteiger partial charge in [-0.1, -0.05) is 30.3 Å². The molecule has 7 heteroatoms. The van der Waals surface area contributed by atoms with E-state index in [2.05, 4.69) is 0 Å². The second kappa shape index (κ2) is 9.60. The molecule has 1 unspecified atom stereocenters. The zero-order valence-electron chi connectivity index (χ0n) is 15.0. The van der Waals surface area contributed by atoms with E-state index < -0.39 is 24.1 Å². The summed E-state index contributed by atoms with van der Waals surface area (Å²) < 4.78 is 15.2. The van der Waals surface area contributed by atoms with Gasteiger partial charge in [-0.05, 0) is 31.4 Å². The normalized spacial score (nSPS) is 17.8. The zero-order valence-corrected chi connectivity index (χ0v) is 15.0. The van der Waals surface area contributed by atoms with Crippen LogP contribution < -0.4 is 0 Å². The Morgan fingerprint density at radius 3 is 2.42 bits per heavy atom. The number of ether oxygens (including phenoxy) is 3. The molecule has 0 spiro atoms. The molecule has 1 aliphatic rings. The van der Waals surface area contributed by atoms with Crippen LogP contribution in [-0.4, -0.2) is 48.7 Å². The molecule has 0 bridgehead atoms. The van der Waals surface area contributed by atoms with Gasteiger partial charge in [-0.2, -0.15) is 0 Å². The maximum atomic E-state index is 12.3. The van der Waals surface area contributed by atoms with Gasteiger partial charge in [0.1, 0.15) is 6.61 Å². The SMILES string of the molecule is CCOC(=O)C1C(=CC(=O)OCc2ccccc2)CCN1C(=O)OCC. The third kappa shape index (κ3) is 5.08. The van der Waals surface area contributed by atoms with Gasteiger partial charge < -0.3 is 14.2 Å². The third-order valence-corrected chi connectivity index (χ3v) is 3.84. The molecule has 0 aliphatic carbocycles. The molecular weight excluding hydrogens is 338 g/mol. The second-order valence-electron chi connectivity index (χ2n) is 5.61. The summed E-state index contributed by atoms with van der Waals surface area (Å²) >= 11 is 0. The first-order chi connectivity index (χ1) is 12.6. The van der Waals surface area contributed by atoms with Gasteiger partial charge >= 0.3 is 18.0 Å². The molecule has 140 valence electrons. The Kier molecular flexibility index (Phi) is 7.20. The molecule has 0 aromatic heterocycles. The van der Waals surface area contributed by atoms with Gasteiger partial charge in [0.05, 0.1) is 13.2 Å². The quantitative estimate of drug-likeness (QED) is 0.440. The number of hydrogen-bond acceptors (Lipinski definition) is 6. The highest BCUT2D eigenvalue weighted by Crippen LogP contribution is 2.26. The molecular formula is C19H23NO6. The summed E-state index contributed by atoms with van der Waals surface area (Å²) in [6.45, 7) is 4.15. The average molecular weight is 361 g/mol. The van der Waals surface area contributed by atoms with Gasteiger partial charge in [-0.25, -0.2) is 14.4 Å². The van der Waals surface area contributed by atoms with Crippen LogP contribution in [0.15, 0.2) is 42.0 Å². The molecule has 1 fully saturated rings. The minimum atomic E-state index is -0.960. The van der Waals surface area contributed by atoms with E-state index in [4.69, 9.17) is 14.2 Å². The first kappa shape index (κ1) is 19.5. The average Bonchev–Trinajstić information content (AvgIpc) is 3.05. The van der Waals surface area contributed by atoms with Gasteiger partial charge in [-0.3, -0.25) is 4.90 Å². The standard InChI is InChI=1S/C19H23NO6/c1-3-24-18(22)17-15(10-11-20(17)19(23)25-4-2)12-16(21)26-13-14-8-6-5-7-9-14/h5-9,12,17H,3-4,10-11,13H2,1-2H3. The number of carbonyl (C=O) groups is 3. The lowest BCUT2D eigenvalue weighted by atomic mass is 10.1. The Labute approximate surface area is 152 Å². The molecule has 7 nitrogen and oxygen atoms in total. The number of hydrogen-bond donors (Lipinski definition) is 0. The van der Waals surface area contributed by atoms with E-state index >= 15 is 0 Å². The molecule has 1 aromatic rings. The highest BCUT2D eigenvalue weighted by Gasteiger charge is 2.40. The smallest absolute Gasteiger partial charge is 0.410 e. The van der Waals surface area contributed by atoms with Crippen LogP contribution in [0.4, 0.5) is 4.79 Å². The van der Waals surface area contributed by atoms with Crippen LogP contribution in [0.3, 0.4) is 0 Å². The zero-order chi connectivity index (χ0) is 18.9. The minimum Gasteiger partial charge on any atom is -0.464 e. The highest BCUT2D eigenvalue weighted by atomic mass is 16.6. The summed E-state index contributed by atoms with van der Waals surface area (Å²) in [7, 11) is 0. The molecule has 2 rings (SSSR count). The van der Waals surface area contributed by atoms with E-state index in [1.54, 1.807) is 13.8 Å². The van der Waals surface area contributed by atoms with Gasteiger partial charge in [0.25, 0.3) is 0 Å². The molecule has 1 aliphatic heterocycles. The summed E-state index contributed by atoms with van der Waals surface area (Å²) in [5, 5.41) is 0. The fourth-order valence-corrected chi connectivity index (χ4v) is 2.69. The molecule has 1 amide bonds. The van der Waals surface area contributed by atoms with Crippen molar-refractivity contribution >= 4 is 18.0 Å². The van der Waals surface area contributed by atoms with Crippen molar-refractivity contribution in [1.29, 1.82) is 0 Å². The summed E-state index contributed by atoms with van der Waals surface area (Å²) in [5.41, 5.74) is 1.34. The van der Waals surface area contributed by atoms with Crippen molar-refractivity contribution in [3.8, 4) is 0 Å². The fraction of sp³-hybridized carbons (Fsp3) is 0.421. The van der Waals surface area contributed by atoms with Crippen LogP contribution in [0.5, 0.6) is 0 Å². The molecule has 26 heavy (non-hydrogen) atoms. The second-order valence-corrected chi connectivity index (χ2v) is 5.61. The lowest BCUT2D eigenvalue weighted by molar-refractivity contribution is -0.146. The van der Waals surface area contributed by atoms with Crippen molar-refractivity contribution in [2.75, 3.05) is 19.8 Å². The fourth-order valence-electron chi connectivity index (χ4n) is 2.69. The predicted octanol–water partition coefficient (Wildman–Crippen LogP) is 2.45. The molecule has 1 aromatic carbocycles. The molecule has 1 atom stereocenters. The summed E-state index contributed by atoms with van der Waals surface area (Å²) in [4.78, 5) is 37.7. The number of likely N-dealkylation sites (tertiary alicyclic amines) is 1. The van der Waals surface area contributed by atoms with Crippen molar-refractivity contribution in [2.45, 2.75) is 32.9 Å². The maximum absolute atomic E-state index is 12.3. The van der Waals surface area contributed by atoms with Crippen molar-refractivity contribution in [3.63, 3.8) is 0 Å². The van der Waals surface area contributed by atoms with E-state index in [1.165, 1.54) is 11.0 Å². The van der Waals surface area contributed by atoms with E-state index in [-0.39, 0.29) is 26.4 Å². The maximum Gasteiger partial charge on any atom is 0.410 e. The number of carbonyl (C=O) groups excluding carboxylic acids is 3. The third-order valence-electron chi connectivity index (χ3n) is 3.84. The lowest BCUT2D eigenvalue weighted by Gasteiger charge is -2.22. The Morgan fingerprint density at radius 2 is 1.77 bits per heavy atom. The number of esters is 2. The van der Waals surface area contributed by atoms with Gasteiger partial charge in [0, 0.05) is 12.6 Å². The number of nitrogens with zero attached hydrogens (tertiary/aromatic N) is 1. The van der Waals surface area contributed by atoms with Crippen LogP contribution in [0.25, 0.3) is 0 Å². The van der Waals surface area contributed by atoms with Crippen LogP contribution in [0.1, 0.15) is 25.8 Å². The Bertz CT molecular complexity index is 670. The topological polar surface area (TPSA) is 82.1 Å². The monoisotopic (exact) mass is 361 g/mol. The van der Waals surface area contributed by atoms with E-state index in [0.717, 1.165) is 5.56 Å². The largest absolute Gasteiger partial charge is 0.464 e. The Hall–Kier alpha value is -2.83.